The molecule has 0 aliphatic rings. The van der Waals surface area contributed by atoms with Crippen LogP contribution in [-0.2, 0) is 0 Å². The maximum atomic E-state index is 12.5. The van der Waals surface area contributed by atoms with Crippen molar-refractivity contribution in [3.63, 3.8) is 0 Å². The predicted molar refractivity (Wildman–Crippen MR) is 91.4 cm³/mol. The lowest BCUT2D eigenvalue weighted by Gasteiger charge is -2.17. The Hall–Kier alpha value is -2.15. The van der Waals surface area contributed by atoms with Crippen LogP contribution in [0, 0.1) is 28.6 Å². The molecule has 0 N–H and O–H groups in total. The first-order valence-electron chi connectivity index (χ1n) is 6.80. The average Bonchev–Trinajstić information content (AvgIpc) is 3.01. The molecule has 6 heteroatoms. The van der Waals surface area contributed by atoms with E-state index in [1.54, 1.807) is 31.4 Å². The number of hydrogen-bond acceptors (Lipinski definition) is 5. The minimum Gasteiger partial charge on any atom is -0.497 e. The highest BCUT2D eigenvalue weighted by Gasteiger charge is 2.27. The summed E-state index contributed by atoms with van der Waals surface area (Å²) in [4.78, 5) is 13.1. The maximum absolute atomic E-state index is 12.5. The summed E-state index contributed by atoms with van der Waals surface area (Å²) in [5.41, 5.74) is 0.778. The Balaban J connectivity index is 2.31. The maximum Gasteiger partial charge on any atom is 0.174 e. The summed E-state index contributed by atoms with van der Waals surface area (Å²) in [6.45, 7) is 0. The van der Waals surface area contributed by atoms with Gasteiger partial charge in [-0.25, -0.2) is 0 Å². The van der Waals surface area contributed by atoms with Crippen molar-refractivity contribution in [2.45, 2.75) is 12.3 Å². The van der Waals surface area contributed by atoms with E-state index < -0.39 is 11.8 Å². The highest BCUT2D eigenvalue weighted by atomic mass is 79.9. The normalized spacial score (nSPS) is 11.5. The molecule has 1 unspecified atom stereocenters. The first-order valence-corrected chi connectivity index (χ1v) is 8.47. The standard InChI is InChI=1S/C17H13BrN2O2S/c1-22-13-4-2-11(3-5-13)14(12(9-19)10-20)8-16(21)17-15(18)6-7-23-17/h2-7,12,14H,8H2,1H3. The second-order valence-electron chi connectivity index (χ2n) is 4.84. The van der Waals surface area contributed by atoms with Gasteiger partial charge in [-0.3, -0.25) is 4.79 Å². The van der Waals surface area contributed by atoms with Gasteiger partial charge in [-0.15, -0.1) is 11.3 Å². The Morgan fingerprint density at radius 1 is 1.26 bits per heavy atom. The molecule has 1 heterocycles. The van der Waals surface area contributed by atoms with E-state index in [9.17, 15) is 15.3 Å². The number of ether oxygens (including phenoxy) is 1. The van der Waals surface area contributed by atoms with Crippen LogP contribution >= 0.6 is 27.3 Å². The van der Waals surface area contributed by atoms with Crippen molar-refractivity contribution in [2.75, 3.05) is 7.11 Å². The lowest BCUT2D eigenvalue weighted by Crippen LogP contribution is -2.14. The van der Waals surface area contributed by atoms with E-state index in [0.29, 0.717) is 10.6 Å². The molecule has 1 aromatic heterocycles. The second kappa shape index (κ2) is 7.92. The van der Waals surface area contributed by atoms with Crippen molar-refractivity contribution in [3.8, 4) is 17.9 Å². The molecule has 0 saturated heterocycles. The summed E-state index contributed by atoms with van der Waals surface area (Å²) in [6.07, 6.45) is 0.108. The number of hydrogen-bond donors (Lipinski definition) is 0. The van der Waals surface area contributed by atoms with Gasteiger partial charge in [-0.2, -0.15) is 10.5 Å². The zero-order valence-corrected chi connectivity index (χ0v) is 14.7. The van der Waals surface area contributed by atoms with Gasteiger partial charge in [0, 0.05) is 16.8 Å². The molecule has 1 aromatic carbocycles. The van der Waals surface area contributed by atoms with Crippen LogP contribution < -0.4 is 4.74 Å². The Labute approximate surface area is 147 Å². The molecule has 116 valence electrons. The van der Waals surface area contributed by atoms with E-state index in [2.05, 4.69) is 15.9 Å². The van der Waals surface area contributed by atoms with Crippen LogP contribution in [0.15, 0.2) is 40.2 Å². The molecular formula is C17H13BrN2O2S. The lowest BCUT2D eigenvalue weighted by atomic mass is 9.83. The van der Waals surface area contributed by atoms with E-state index in [-0.39, 0.29) is 12.2 Å². The van der Waals surface area contributed by atoms with Crippen molar-refractivity contribution in [1.82, 2.24) is 0 Å². The third kappa shape index (κ3) is 3.98. The Bertz CT molecular complexity index is 757. The number of carbonyl (C=O) groups is 1. The number of thiophene rings is 1. The lowest BCUT2D eigenvalue weighted by molar-refractivity contribution is 0.0974. The van der Waals surface area contributed by atoms with Gasteiger partial charge in [0.05, 0.1) is 24.1 Å². The third-order valence-corrected chi connectivity index (χ3v) is 5.38. The highest BCUT2D eigenvalue weighted by Crippen LogP contribution is 2.33. The van der Waals surface area contributed by atoms with E-state index in [4.69, 9.17) is 4.74 Å². The van der Waals surface area contributed by atoms with E-state index in [1.165, 1.54) is 11.3 Å². The fourth-order valence-electron chi connectivity index (χ4n) is 2.27. The molecule has 0 aliphatic heterocycles. The van der Waals surface area contributed by atoms with Crippen LogP contribution in [-0.4, -0.2) is 12.9 Å². The van der Waals surface area contributed by atoms with Gasteiger partial charge >= 0.3 is 0 Å². The molecule has 4 nitrogen and oxygen atoms in total. The quantitative estimate of drug-likeness (QED) is 0.680. The van der Waals surface area contributed by atoms with Crippen LogP contribution in [0.25, 0.3) is 0 Å². The van der Waals surface area contributed by atoms with Crippen LogP contribution in [0.5, 0.6) is 5.75 Å². The Kier molecular flexibility index (Phi) is 5.92. The summed E-state index contributed by atoms with van der Waals surface area (Å²) in [5, 5.41) is 20.3. The summed E-state index contributed by atoms with van der Waals surface area (Å²) >= 11 is 4.69. The zero-order chi connectivity index (χ0) is 16.8. The van der Waals surface area contributed by atoms with Gasteiger partial charge in [0.1, 0.15) is 11.7 Å². The van der Waals surface area contributed by atoms with E-state index in [1.807, 2.05) is 23.6 Å². The van der Waals surface area contributed by atoms with Gasteiger partial charge in [0.2, 0.25) is 0 Å². The molecule has 1 atom stereocenters. The van der Waals surface area contributed by atoms with Gasteiger partial charge in [-0.1, -0.05) is 12.1 Å². The third-order valence-electron chi connectivity index (χ3n) is 3.50. The number of carbonyl (C=O) groups excluding carboxylic acids is 1. The van der Waals surface area contributed by atoms with Gasteiger partial charge in [-0.05, 0) is 45.1 Å². The Morgan fingerprint density at radius 3 is 2.39 bits per heavy atom. The number of methoxy groups -OCH3 is 1. The molecule has 0 fully saturated rings. The number of halogens is 1. The van der Waals surface area contributed by atoms with Crippen molar-refractivity contribution >= 4 is 33.0 Å². The number of nitriles is 2. The molecule has 2 rings (SSSR count). The monoisotopic (exact) mass is 388 g/mol. The highest BCUT2D eigenvalue weighted by molar-refractivity contribution is 9.10. The first kappa shape index (κ1) is 17.2. The van der Waals surface area contributed by atoms with Crippen LogP contribution in [0.2, 0.25) is 0 Å². The molecular weight excluding hydrogens is 376 g/mol. The van der Waals surface area contributed by atoms with Crippen molar-refractivity contribution < 1.29 is 9.53 Å². The summed E-state index contributed by atoms with van der Waals surface area (Å²) < 4.78 is 5.86. The number of rotatable bonds is 6. The number of nitrogens with zero attached hydrogens (tertiary/aromatic N) is 2. The average molecular weight is 389 g/mol. The molecule has 2 aromatic rings. The molecule has 0 aliphatic carbocycles. The van der Waals surface area contributed by atoms with E-state index in [0.717, 1.165) is 10.0 Å². The van der Waals surface area contributed by atoms with Gasteiger partial charge < -0.3 is 4.74 Å². The van der Waals surface area contributed by atoms with Crippen LogP contribution in [0.1, 0.15) is 27.6 Å². The van der Waals surface area contributed by atoms with Gasteiger partial charge in [0.15, 0.2) is 5.78 Å². The molecule has 0 radical (unpaired) electrons. The van der Waals surface area contributed by atoms with Crippen LogP contribution in [0.4, 0.5) is 0 Å². The smallest absolute Gasteiger partial charge is 0.174 e. The van der Waals surface area contributed by atoms with Crippen molar-refractivity contribution in [1.29, 1.82) is 10.5 Å². The topological polar surface area (TPSA) is 73.9 Å². The SMILES string of the molecule is COc1ccc(C(CC(=O)c2sccc2Br)C(C#N)C#N)cc1. The zero-order valence-electron chi connectivity index (χ0n) is 12.3. The Morgan fingerprint density at radius 2 is 1.91 bits per heavy atom. The van der Waals surface area contributed by atoms with E-state index >= 15 is 0 Å². The predicted octanol–water partition coefficient (Wildman–Crippen LogP) is 4.54. The number of benzene rings is 1. The van der Waals surface area contributed by atoms with Crippen LogP contribution in [0.3, 0.4) is 0 Å². The largest absolute Gasteiger partial charge is 0.497 e. The van der Waals surface area contributed by atoms with Crippen molar-refractivity contribution in [2.24, 2.45) is 5.92 Å². The molecule has 0 amide bonds. The van der Waals surface area contributed by atoms with Gasteiger partial charge in [0.25, 0.3) is 0 Å². The molecule has 0 saturated carbocycles. The second-order valence-corrected chi connectivity index (χ2v) is 6.61. The number of Topliss-reactive ketones (excluding diaryl/α,β-unsaturated/α-hetero) is 1. The molecule has 0 bridgehead atoms. The fourth-order valence-corrected chi connectivity index (χ4v) is 3.82. The summed E-state index contributed by atoms with van der Waals surface area (Å²) in [7, 11) is 1.57. The minimum atomic E-state index is -0.883. The minimum absolute atomic E-state index is 0.0804. The first-order chi connectivity index (χ1) is 11.1. The van der Waals surface area contributed by atoms with Crippen molar-refractivity contribution in [3.05, 3.63) is 50.6 Å². The summed E-state index contributed by atoms with van der Waals surface area (Å²) in [6, 6.07) is 12.9. The molecule has 23 heavy (non-hydrogen) atoms. The summed E-state index contributed by atoms with van der Waals surface area (Å²) in [5.74, 6) is -0.753. The number of ketones is 1. The molecule has 0 spiro atoms. The fraction of sp³-hybridized carbons (Fsp3) is 0.235.